The predicted octanol–water partition coefficient (Wildman–Crippen LogP) is 6.47. The fourth-order valence-electron chi connectivity index (χ4n) is 5.08. The molecule has 4 aromatic carbocycles. The van der Waals surface area contributed by atoms with E-state index in [0.29, 0.717) is 6.61 Å². The molecule has 5 rings (SSSR count). The molecule has 0 N–H and O–H groups in total. The number of rotatable bonds is 9. The monoisotopic (exact) mass is 473 g/mol. The number of aromatic nitrogens is 2. The fraction of sp³-hybridized carbons (Fsp3) is 0.182. The maximum Gasteiger partial charge on any atom is 0.253 e. The van der Waals surface area contributed by atoms with Crippen molar-refractivity contribution in [2.45, 2.75) is 25.3 Å². The number of benzene rings is 4. The molecule has 0 saturated heterocycles. The Balaban J connectivity index is 1.39. The van der Waals surface area contributed by atoms with Gasteiger partial charge in [-0.15, -0.1) is 0 Å². The van der Waals surface area contributed by atoms with Crippen molar-refractivity contribution in [3.05, 3.63) is 156 Å². The molecule has 36 heavy (non-hydrogen) atoms. The quantitative estimate of drug-likeness (QED) is 0.177. The lowest BCUT2D eigenvalue weighted by Gasteiger charge is -2.36. The van der Waals surface area contributed by atoms with Gasteiger partial charge in [0.1, 0.15) is 24.7 Å². The van der Waals surface area contributed by atoms with Crippen molar-refractivity contribution < 1.29 is 9.30 Å². The Morgan fingerprint density at radius 2 is 1.19 bits per heavy atom. The lowest BCUT2D eigenvalue weighted by atomic mass is 9.67. The van der Waals surface area contributed by atoms with Crippen molar-refractivity contribution >= 4 is 0 Å². The minimum atomic E-state index is -0.300. The fourth-order valence-corrected chi connectivity index (χ4v) is 5.08. The summed E-state index contributed by atoms with van der Waals surface area (Å²) in [7, 11) is 2.07. The van der Waals surface area contributed by atoms with Crippen LogP contribution in [-0.4, -0.2) is 11.2 Å². The summed E-state index contributed by atoms with van der Waals surface area (Å²) in [5.41, 5.74) is 4.78. The Morgan fingerprint density at radius 1 is 0.694 bits per heavy atom. The molecule has 0 atom stereocenters. The van der Waals surface area contributed by atoms with Crippen molar-refractivity contribution in [2.75, 3.05) is 6.61 Å². The van der Waals surface area contributed by atoms with Gasteiger partial charge in [-0.25, -0.2) is 9.13 Å². The number of hydrogen-bond acceptors (Lipinski definition) is 1. The lowest BCUT2D eigenvalue weighted by Crippen LogP contribution is -2.31. The second-order valence-corrected chi connectivity index (χ2v) is 9.33. The average molecular weight is 474 g/mol. The normalized spacial score (nSPS) is 11.4. The van der Waals surface area contributed by atoms with Gasteiger partial charge in [0.15, 0.2) is 0 Å². The Labute approximate surface area is 214 Å². The number of nitrogens with zero attached hydrogens (tertiary/aromatic N) is 2. The Kier molecular flexibility index (Phi) is 6.99. The van der Waals surface area contributed by atoms with E-state index in [-0.39, 0.29) is 5.41 Å². The van der Waals surface area contributed by atoms with Crippen LogP contribution in [0.3, 0.4) is 0 Å². The van der Waals surface area contributed by atoms with E-state index in [1.165, 1.54) is 28.1 Å². The van der Waals surface area contributed by atoms with Crippen LogP contribution < -0.4 is 9.30 Å². The van der Waals surface area contributed by atoms with Gasteiger partial charge < -0.3 is 4.74 Å². The first-order valence-electron chi connectivity index (χ1n) is 12.6. The van der Waals surface area contributed by atoms with E-state index in [1.807, 2.05) is 0 Å². The summed E-state index contributed by atoms with van der Waals surface area (Å²) in [6, 6.07) is 40.9. The molecular formula is C33H33N2O+. The molecule has 0 aliphatic carbocycles. The largest absolute Gasteiger partial charge is 0.494 e. The van der Waals surface area contributed by atoms with E-state index in [1.54, 1.807) is 0 Å². The third-order valence-corrected chi connectivity index (χ3v) is 7.22. The van der Waals surface area contributed by atoms with E-state index in [0.717, 1.165) is 18.7 Å². The highest BCUT2D eigenvalue weighted by atomic mass is 16.5. The van der Waals surface area contributed by atoms with Gasteiger partial charge in [-0.1, -0.05) is 103 Å². The zero-order valence-corrected chi connectivity index (χ0v) is 21.0. The Morgan fingerprint density at radius 3 is 1.64 bits per heavy atom. The highest BCUT2D eigenvalue weighted by Crippen LogP contribution is 2.42. The first-order chi connectivity index (χ1) is 17.7. The van der Waals surface area contributed by atoms with Crippen molar-refractivity contribution in [1.29, 1.82) is 0 Å². The molecule has 3 nitrogen and oxygen atoms in total. The Hall–Kier alpha value is -4.11. The van der Waals surface area contributed by atoms with Crippen molar-refractivity contribution in [3.8, 4) is 5.75 Å². The third kappa shape index (κ3) is 4.83. The summed E-state index contributed by atoms with van der Waals surface area (Å²) in [6.45, 7) is 3.59. The smallest absolute Gasteiger partial charge is 0.253 e. The van der Waals surface area contributed by atoms with Crippen LogP contribution in [0.2, 0.25) is 0 Å². The molecular weight excluding hydrogens is 440 g/mol. The van der Waals surface area contributed by atoms with Gasteiger partial charge in [-0.05, 0) is 40.8 Å². The van der Waals surface area contributed by atoms with Gasteiger partial charge in [0.25, 0.3) is 5.82 Å². The van der Waals surface area contributed by atoms with E-state index in [9.17, 15) is 0 Å². The summed E-state index contributed by atoms with van der Waals surface area (Å²) < 4.78 is 10.7. The van der Waals surface area contributed by atoms with Gasteiger partial charge in [0, 0.05) is 12.3 Å². The van der Waals surface area contributed by atoms with Crippen LogP contribution >= 0.6 is 0 Å². The first kappa shape index (κ1) is 23.6. The number of imidazole rings is 1. The van der Waals surface area contributed by atoms with Crippen LogP contribution in [0.5, 0.6) is 5.75 Å². The summed E-state index contributed by atoms with van der Waals surface area (Å²) in [6.07, 6.45) is 5.03. The SMILES string of the molecule is Cc1n(Cc2ccc(OCCC(c3ccccc3)(c3ccccc3)c3ccccc3)cc2)cc[n+]1C. The van der Waals surface area contributed by atoms with Crippen molar-refractivity contribution in [1.82, 2.24) is 4.57 Å². The van der Waals surface area contributed by atoms with Gasteiger partial charge in [0.05, 0.1) is 13.7 Å². The van der Waals surface area contributed by atoms with Gasteiger partial charge in [-0.2, -0.15) is 0 Å². The molecule has 0 amide bonds. The molecule has 0 bridgehead atoms. The molecule has 0 spiro atoms. The second-order valence-electron chi connectivity index (χ2n) is 9.33. The summed E-state index contributed by atoms with van der Waals surface area (Å²) in [5, 5.41) is 0. The van der Waals surface area contributed by atoms with Gasteiger partial charge >= 0.3 is 0 Å². The number of aryl methyl sites for hydroxylation is 1. The first-order valence-corrected chi connectivity index (χ1v) is 12.6. The molecule has 0 saturated carbocycles. The molecule has 0 radical (unpaired) electrons. The summed E-state index contributed by atoms with van der Waals surface area (Å²) in [4.78, 5) is 0. The van der Waals surface area contributed by atoms with Crippen LogP contribution in [0, 0.1) is 6.92 Å². The topological polar surface area (TPSA) is 18.0 Å². The summed E-state index contributed by atoms with van der Waals surface area (Å²) in [5.74, 6) is 2.13. The van der Waals surface area contributed by atoms with E-state index in [4.69, 9.17) is 4.74 Å². The Bertz CT molecular complexity index is 1280. The van der Waals surface area contributed by atoms with Crippen molar-refractivity contribution in [2.24, 2.45) is 7.05 Å². The predicted molar refractivity (Wildman–Crippen MR) is 145 cm³/mol. The van der Waals surface area contributed by atoms with Gasteiger partial charge in [0.2, 0.25) is 0 Å². The van der Waals surface area contributed by atoms with E-state index < -0.39 is 0 Å². The van der Waals surface area contributed by atoms with Crippen LogP contribution in [0.25, 0.3) is 0 Å². The maximum atomic E-state index is 6.35. The van der Waals surface area contributed by atoms with Crippen molar-refractivity contribution in [3.63, 3.8) is 0 Å². The molecule has 0 unspecified atom stereocenters. The number of ether oxygens (including phenoxy) is 1. The molecule has 3 heteroatoms. The zero-order chi connectivity index (χ0) is 24.8. The minimum absolute atomic E-state index is 0.300. The molecule has 5 aromatic rings. The molecule has 0 aliphatic heterocycles. The third-order valence-electron chi connectivity index (χ3n) is 7.22. The van der Waals surface area contributed by atoms with Crippen LogP contribution in [0.15, 0.2) is 128 Å². The minimum Gasteiger partial charge on any atom is -0.494 e. The molecule has 1 heterocycles. The second kappa shape index (κ2) is 10.7. The maximum absolute atomic E-state index is 6.35. The number of hydrogen-bond donors (Lipinski definition) is 0. The molecule has 0 aliphatic rings. The van der Waals surface area contributed by atoms with Crippen LogP contribution in [-0.2, 0) is 19.0 Å². The van der Waals surface area contributed by atoms with Crippen LogP contribution in [0.4, 0.5) is 0 Å². The zero-order valence-electron chi connectivity index (χ0n) is 21.0. The molecule has 180 valence electrons. The van der Waals surface area contributed by atoms with E-state index >= 15 is 0 Å². The molecule has 0 fully saturated rings. The average Bonchev–Trinajstić information content (AvgIpc) is 3.26. The van der Waals surface area contributed by atoms with Crippen LogP contribution in [0.1, 0.15) is 34.5 Å². The lowest BCUT2D eigenvalue weighted by molar-refractivity contribution is -0.677. The standard InChI is InChI=1S/C33H33N2O/c1-27-34(2)23-24-35(27)26-28-18-20-32(21-19-28)36-25-22-33(29-12-6-3-7-13-29,30-14-8-4-9-15-30)31-16-10-5-11-17-31/h3-21,23-24H,22,25-26H2,1-2H3/q+1. The summed E-state index contributed by atoms with van der Waals surface area (Å²) >= 11 is 0. The van der Waals surface area contributed by atoms with E-state index in [2.05, 4.69) is 151 Å². The van der Waals surface area contributed by atoms with Gasteiger partial charge in [-0.3, -0.25) is 0 Å². The highest BCUT2D eigenvalue weighted by Gasteiger charge is 2.36. The highest BCUT2D eigenvalue weighted by molar-refractivity contribution is 5.50. The molecule has 1 aromatic heterocycles.